The van der Waals surface area contributed by atoms with E-state index >= 15 is 8.78 Å². The number of benzene rings is 2. The topological polar surface area (TPSA) is 75.2 Å². The number of alkyl halides is 2. The van der Waals surface area contributed by atoms with E-state index in [1.165, 1.54) is 0 Å². The monoisotopic (exact) mass is 618 g/mol. The second kappa shape index (κ2) is 11.7. The number of ether oxygens (including phenoxy) is 2. The van der Waals surface area contributed by atoms with Crippen LogP contribution in [0.4, 0.5) is 24.1 Å². The molecule has 1 atom stereocenters. The Bertz CT molecular complexity index is 1550. The van der Waals surface area contributed by atoms with E-state index in [1.807, 2.05) is 78.7 Å². The van der Waals surface area contributed by atoms with Crippen LogP contribution in [-0.2, 0) is 22.5 Å². The fourth-order valence-corrected chi connectivity index (χ4v) is 6.58. The Morgan fingerprint density at radius 3 is 2.38 bits per heavy atom. The van der Waals surface area contributed by atoms with Gasteiger partial charge in [-0.15, -0.1) is 0 Å². The summed E-state index contributed by atoms with van der Waals surface area (Å²) < 4.78 is 41.7. The van der Waals surface area contributed by atoms with Crippen molar-refractivity contribution in [3.8, 4) is 11.3 Å². The molecule has 8 nitrogen and oxygen atoms in total. The number of amides is 2. The van der Waals surface area contributed by atoms with E-state index in [-0.39, 0.29) is 44.8 Å². The third-order valence-electron chi connectivity index (χ3n) is 9.23. The Balaban J connectivity index is 1.08. The number of carbonyl (C=O) groups excluding carboxylic acids is 2. The van der Waals surface area contributed by atoms with Crippen molar-refractivity contribution in [2.75, 3.05) is 37.6 Å². The highest BCUT2D eigenvalue weighted by atomic mass is 19.3. The number of carbonyl (C=O) groups is 2. The van der Waals surface area contributed by atoms with Crippen LogP contribution in [0.1, 0.15) is 56.8 Å². The first kappa shape index (κ1) is 31.0. The minimum Gasteiger partial charge on any atom is -0.444 e. The van der Waals surface area contributed by atoms with Crippen LogP contribution in [0.3, 0.4) is 0 Å². The molecule has 0 bridgehead atoms. The van der Waals surface area contributed by atoms with E-state index in [1.54, 1.807) is 25.7 Å². The maximum absolute atomic E-state index is 15.4. The highest BCUT2D eigenvalue weighted by Gasteiger charge is 2.63. The van der Waals surface area contributed by atoms with E-state index in [0.29, 0.717) is 13.0 Å². The predicted molar refractivity (Wildman–Crippen MR) is 167 cm³/mol. The van der Waals surface area contributed by atoms with Crippen LogP contribution in [0.15, 0.2) is 66.9 Å². The van der Waals surface area contributed by atoms with Crippen molar-refractivity contribution in [1.29, 1.82) is 0 Å². The van der Waals surface area contributed by atoms with E-state index in [4.69, 9.17) is 14.5 Å². The van der Waals surface area contributed by atoms with Gasteiger partial charge < -0.3 is 14.4 Å². The fourth-order valence-electron chi connectivity index (χ4n) is 6.58. The fraction of sp³-hybridized carbons (Fsp3) is 0.457. The van der Waals surface area contributed by atoms with Gasteiger partial charge in [-0.3, -0.25) is 14.8 Å². The first-order valence-electron chi connectivity index (χ1n) is 15.5. The van der Waals surface area contributed by atoms with Gasteiger partial charge in [-0.25, -0.2) is 18.4 Å². The van der Waals surface area contributed by atoms with Gasteiger partial charge in [-0.1, -0.05) is 48.5 Å². The molecule has 0 radical (unpaired) electrons. The van der Waals surface area contributed by atoms with E-state index in [2.05, 4.69) is 0 Å². The average Bonchev–Trinajstić information content (AvgIpc) is 3.42. The van der Waals surface area contributed by atoms with Crippen molar-refractivity contribution in [2.45, 2.75) is 64.7 Å². The summed E-state index contributed by atoms with van der Waals surface area (Å²) in [5.41, 5.74) is 3.64. The number of nitrogens with zero attached hydrogens (tertiary/aromatic N) is 4. The van der Waals surface area contributed by atoms with Gasteiger partial charge in [-0.2, -0.15) is 0 Å². The van der Waals surface area contributed by atoms with Gasteiger partial charge >= 0.3 is 12.2 Å². The molecule has 2 fully saturated rings. The van der Waals surface area contributed by atoms with E-state index < -0.39 is 29.6 Å². The predicted octanol–water partition coefficient (Wildman–Crippen LogP) is 7.09. The van der Waals surface area contributed by atoms with Gasteiger partial charge in [-0.05, 0) is 69.4 Å². The molecule has 0 unspecified atom stereocenters. The molecule has 6 rings (SSSR count). The molecule has 0 saturated carbocycles. The molecule has 1 aromatic heterocycles. The molecular weight excluding hydrogens is 578 g/mol. The Kier molecular flexibility index (Phi) is 8.05. The van der Waals surface area contributed by atoms with Crippen molar-refractivity contribution in [2.24, 2.45) is 5.41 Å². The number of hydrogen-bond donors (Lipinski definition) is 0. The molecule has 10 heteroatoms. The second-order valence-corrected chi connectivity index (χ2v) is 13.4. The lowest BCUT2D eigenvalue weighted by molar-refractivity contribution is -0.227. The molecule has 0 N–H and O–H groups in total. The third-order valence-corrected chi connectivity index (χ3v) is 9.23. The number of halogens is 2. The van der Waals surface area contributed by atoms with Crippen molar-refractivity contribution in [1.82, 2.24) is 14.8 Å². The molecule has 2 saturated heterocycles. The molecule has 45 heavy (non-hydrogen) atoms. The SMILES string of the molecule is C[C@H](c1ccc(-c2cccc3c2CCN3C(=O)OCc2ccccc2)nc1)N1CC2(CCN(C(=O)OC(C)(C)C)CC2(F)F)C1. The average molecular weight is 619 g/mol. The highest BCUT2D eigenvalue weighted by Crippen LogP contribution is 2.52. The Hall–Kier alpha value is -4.05. The van der Waals surface area contributed by atoms with Gasteiger partial charge in [0.15, 0.2) is 0 Å². The summed E-state index contributed by atoms with van der Waals surface area (Å²) in [4.78, 5) is 34.9. The quantitative estimate of drug-likeness (QED) is 0.304. The number of hydrogen-bond acceptors (Lipinski definition) is 6. The van der Waals surface area contributed by atoms with Gasteiger partial charge in [0.05, 0.1) is 23.3 Å². The van der Waals surface area contributed by atoms with Gasteiger partial charge in [0.1, 0.15) is 12.2 Å². The molecule has 3 aliphatic heterocycles. The van der Waals surface area contributed by atoms with Crippen molar-refractivity contribution < 1.29 is 27.8 Å². The van der Waals surface area contributed by atoms with E-state index in [0.717, 1.165) is 38.5 Å². The summed E-state index contributed by atoms with van der Waals surface area (Å²) in [6.07, 6.45) is 1.68. The zero-order valence-electron chi connectivity index (χ0n) is 26.3. The second-order valence-electron chi connectivity index (χ2n) is 13.4. The standard InChI is InChI=1S/C35H40F2N4O4/c1-24(40-21-34(22-40)16-18-39(23-35(34,36)37)31(42)45-33(2,3)4)26-13-14-29(38-19-26)27-11-8-12-30-28(27)15-17-41(30)32(43)44-20-25-9-6-5-7-10-25/h5-14,19,24H,15-18,20-23H2,1-4H3/t24-/m1/s1. The summed E-state index contributed by atoms with van der Waals surface area (Å²) in [7, 11) is 0. The van der Waals surface area contributed by atoms with Gasteiger partial charge in [0, 0.05) is 44.0 Å². The molecule has 3 aliphatic rings. The summed E-state index contributed by atoms with van der Waals surface area (Å²) in [5, 5.41) is 0. The number of rotatable bonds is 5. The Morgan fingerprint density at radius 1 is 0.956 bits per heavy atom. The zero-order chi connectivity index (χ0) is 32.0. The number of piperidine rings is 1. The minimum atomic E-state index is -3.00. The molecule has 238 valence electrons. The maximum Gasteiger partial charge on any atom is 0.414 e. The molecule has 0 aliphatic carbocycles. The van der Waals surface area contributed by atoms with Crippen molar-refractivity contribution in [3.63, 3.8) is 0 Å². The number of fused-ring (bicyclic) bond motifs is 1. The Labute approximate surface area is 262 Å². The van der Waals surface area contributed by atoms with Crippen LogP contribution in [0.25, 0.3) is 11.3 Å². The van der Waals surface area contributed by atoms with E-state index in [9.17, 15) is 9.59 Å². The Morgan fingerprint density at radius 2 is 1.71 bits per heavy atom. The summed E-state index contributed by atoms with van der Waals surface area (Å²) >= 11 is 0. The number of likely N-dealkylation sites (tertiary alicyclic amines) is 2. The third kappa shape index (κ3) is 6.12. The largest absolute Gasteiger partial charge is 0.444 e. The molecule has 1 spiro atoms. The van der Waals surface area contributed by atoms with Crippen LogP contribution < -0.4 is 4.90 Å². The smallest absolute Gasteiger partial charge is 0.414 e. The van der Waals surface area contributed by atoms with Crippen molar-refractivity contribution >= 4 is 17.9 Å². The van der Waals surface area contributed by atoms with Crippen LogP contribution >= 0.6 is 0 Å². The highest BCUT2D eigenvalue weighted by molar-refractivity contribution is 5.92. The van der Waals surface area contributed by atoms with Crippen molar-refractivity contribution in [3.05, 3.63) is 83.6 Å². The number of aromatic nitrogens is 1. The normalized spacial score (nSPS) is 19.5. The van der Waals surface area contributed by atoms with Gasteiger partial charge in [0.2, 0.25) is 0 Å². The van der Waals surface area contributed by atoms with Crippen LogP contribution in [0.5, 0.6) is 0 Å². The first-order chi connectivity index (χ1) is 21.4. The number of pyridine rings is 1. The lowest BCUT2D eigenvalue weighted by Crippen LogP contribution is -2.70. The molecular formula is C35H40F2N4O4. The summed E-state index contributed by atoms with van der Waals surface area (Å²) in [6, 6.07) is 19.3. The van der Waals surface area contributed by atoms with Crippen LogP contribution in [0.2, 0.25) is 0 Å². The lowest BCUT2D eigenvalue weighted by atomic mass is 9.68. The summed E-state index contributed by atoms with van der Waals surface area (Å²) in [6.45, 7) is 8.10. The molecule has 4 heterocycles. The molecule has 2 aromatic carbocycles. The van der Waals surface area contributed by atoms with Crippen LogP contribution in [-0.4, -0.2) is 71.2 Å². The lowest BCUT2D eigenvalue weighted by Gasteiger charge is -2.58. The maximum atomic E-state index is 15.4. The minimum absolute atomic E-state index is 0.0896. The zero-order valence-corrected chi connectivity index (χ0v) is 26.3. The number of anilines is 1. The molecule has 2 amide bonds. The molecule has 3 aromatic rings. The first-order valence-corrected chi connectivity index (χ1v) is 15.5. The van der Waals surface area contributed by atoms with Gasteiger partial charge in [0.25, 0.3) is 5.92 Å². The summed E-state index contributed by atoms with van der Waals surface area (Å²) in [5.74, 6) is -3.00. The van der Waals surface area contributed by atoms with Crippen LogP contribution in [0, 0.1) is 5.41 Å².